The molecule has 0 radical (unpaired) electrons. The Morgan fingerprint density at radius 2 is 1.50 bits per heavy atom. The van der Waals surface area contributed by atoms with E-state index in [0.717, 1.165) is 38.8 Å². The molecular formula is C20H29N3O3. The first-order chi connectivity index (χ1) is 12.4. The van der Waals surface area contributed by atoms with Crippen LogP contribution in [0.2, 0.25) is 0 Å². The minimum atomic E-state index is -0.148. The van der Waals surface area contributed by atoms with Crippen molar-refractivity contribution in [1.82, 2.24) is 4.90 Å². The van der Waals surface area contributed by atoms with Crippen LogP contribution in [0.1, 0.15) is 46.5 Å². The molecule has 0 aliphatic heterocycles. The zero-order valence-corrected chi connectivity index (χ0v) is 15.9. The van der Waals surface area contributed by atoms with Gasteiger partial charge in [0.1, 0.15) is 0 Å². The summed E-state index contributed by atoms with van der Waals surface area (Å²) in [6.45, 7) is 6.91. The lowest BCUT2D eigenvalue weighted by molar-refractivity contribution is -0.137. The Hall–Kier alpha value is -2.37. The third kappa shape index (κ3) is 5.31. The number of benzene rings is 1. The van der Waals surface area contributed by atoms with E-state index in [1.807, 2.05) is 18.7 Å². The third-order valence-corrected chi connectivity index (χ3v) is 4.97. The van der Waals surface area contributed by atoms with Crippen LogP contribution in [-0.4, -0.2) is 35.7 Å². The van der Waals surface area contributed by atoms with Gasteiger partial charge in [-0.15, -0.1) is 0 Å². The van der Waals surface area contributed by atoms with Crippen LogP contribution in [0.5, 0.6) is 0 Å². The number of hydrogen-bond acceptors (Lipinski definition) is 3. The Labute approximate surface area is 155 Å². The normalized spacial score (nSPS) is 19.5. The summed E-state index contributed by atoms with van der Waals surface area (Å²) in [5.41, 5.74) is 1.33. The molecule has 2 rings (SSSR count). The monoisotopic (exact) mass is 359 g/mol. The average Bonchev–Trinajstić information content (AvgIpc) is 2.62. The molecule has 1 fully saturated rings. The van der Waals surface area contributed by atoms with Crippen molar-refractivity contribution in [2.45, 2.75) is 46.5 Å². The SMILES string of the molecule is CCN(CC)C(=O)C1CCC(C(=O)Nc2cccc(NC(C)=O)c2)CC1. The number of carbonyl (C=O) groups is 3. The molecule has 0 saturated heterocycles. The standard InChI is InChI=1S/C20H29N3O3/c1-4-23(5-2)20(26)16-11-9-15(10-12-16)19(25)22-18-8-6-7-17(13-18)21-14(3)24/h6-8,13,15-16H,4-5,9-12H2,1-3H3,(H,21,24)(H,22,25). The lowest BCUT2D eigenvalue weighted by atomic mass is 9.81. The van der Waals surface area contributed by atoms with Crippen molar-refractivity contribution >= 4 is 29.1 Å². The maximum atomic E-state index is 12.5. The summed E-state index contributed by atoms with van der Waals surface area (Å²) >= 11 is 0. The van der Waals surface area contributed by atoms with Crippen LogP contribution in [0.4, 0.5) is 11.4 Å². The van der Waals surface area contributed by atoms with E-state index < -0.39 is 0 Å². The van der Waals surface area contributed by atoms with Crippen LogP contribution in [0.15, 0.2) is 24.3 Å². The second-order valence-corrected chi connectivity index (χ2v) is 6.81. The molecule has 0 unspecified atom stereocenters. The third-order valence-electron chi connectivity index (χ3n) is 4.97. The maximum absolute atomic E-state index is 12.5. The molecule has 2 N–H and O–H groups in total. The molecule has 0 atom stereocenters. The van der Waals surface area contributed by atoms with Crippen molar-refractivity contribution in [1.29, 1.82) is 0 Å². The van der Waals surface area contributed by atoms with E-state index in [0.29, 0.717) is 11.4 Å². The molecule has 142 valence electrons. The van der Waals surface area contributed by atoms with Gasteiger partial charge in [0.2, 0.25) is 17.7 Å². The largest absolute Gasteiger partial charge is 0.343 e. The number of nitrogens with zero attached hydrogens (tertiary/aromatic N) is 1. The second-order valence-electron chi connectivity index (χ2n) is 6.81. The van der Waals surface area contributed by atoms with Crippen molar-refractivity contribution in [3.8, 4) is 0 Å². The van der Waals surface area contributed by atoms with E-state index in [1.54, 1.807) is 24.3 Å². The minimum absolute atomic E-state index is 0.0151. The molecule has 1 aromatic carbocycles. The lowest BCUT2D eigenvalue weighted by Gasteiger charge is -2.30. The maximum Gasteiger partial charge on any atom is 0.227 e. The van der Waals surface area contributed by atoms with E-state index in [1.165, 1.54) is 6.92 Å². The first-order valence-electron chi connectivity index (χ1n) is 9.41. The molecule has 0 heterocycles. The summed E-state index contributed by atoms with van der Waals surface area (Å²) in [5, 5.41) is 5.63. The van der Waals surface area contributed by atoms with Crippen molar-refractivity contribution in [2.75, 3.05) is 23.7 Å². The molecule has 6 nitrogen and oxygen atoms in total. The van der Waals surface area contributed by atoms with E-state index >= 15 is 0 Å². The van der Waals surface area contributed by atoms with Crippen LogP contribution in [-0.2, 0) is 14.4 Å². The summed E-state index contributed by atoms with van der Waals surface area (Å²) in [5.74, 6) is 0.0301. The average molecular weight is 359 g/mol. The van der Waals surface area contributed by atoms with Gasteiger partial charge < -0.3 is 15.5 Å². The number of carbonyl (C=O) groups excluding carboxylic acids is 3. The predicted molar refractivity (Wildman–Crippen MR) is 103 cm³/mol. The lowest BCUT2D eigenvalue weighted by Crippen LogP contribution is -2.38. The number of nitrogens with one attached hydrogen (secondary N) is 2. The van der Waals surface area contributed by atoms with Gasteiger partial charge in [-0.2, -0.15) is 0 Å². The van der Waals surface area contributed by atoms with E-state index in [9.17, 15) is 14.4 Å². The van der Waals surface area contributed by atoms with Crippen LogP contribution >= 0.6 is 0 Å². The number of amides is 3. The van der Waals surface area contributed by atoms with Gasteiger partial charge in [0.25, 0.3) is 0 Å². The predicted octanol–water partition coefficient (Wildman–Crippen LogP) is 3.26. The fraction of sp³-hybridized carbons (Fsp3) is 0.550. The zero-order chi connectivity index (χ0) is 19.1. The van der Waals surface area contributed by atoms with E-state index in [-0.39, 0.29) is 29.6 Å². The highest BCUT2D eigenvalue weighted by Gasteiger charge is 2.31. The van der Waals surface area contributed by atoms with Gasteiger partial charge in [0.05, 0.1) is 0 Å². The molecule has 1 aliphatic carbocycles. The molecule has 1 aromatic rings. The molecule has 1 aliphatic rings. The summed E-state index contributed by atoms with van der Waals surface area (Å²) in [7, 11) is 0. The van der Waals surface area contributed by atoms with E-state index in [2.05, 4.69) is 10.6 Å². The Kier molecular flexibility index (Phi) is 7.18. The molecule has 1 saturated carbocycles. The van der Waals surface area contributed by atoms with Gasteiger partial charge in [0, 0.05) is 43.2 Å². The highest BCUT2D eigenvalue weighted by atomic mass is 16.2. The first-order valence-corrected chi connectivity index (χ1v) is 9.41. The number of anilines is 2. The molecule has 26 heavy (non-hydrogen) atoms. The van der Waals surface area contributed by atoms with Crippen molar-refractivity contribution in [3.63, 3.8) is 0 Å². The van der Waals surface area contributed by atoms with Gasteiger partial charge in [0.15, 0.2) is 0 Å². The quantitative estimate of drug-likeness (QED) is 0.818. The molecule has 3 amide bonds. The van der Waals surface area contributed by atoms with Gasteiger partial charge in [-0.1, -0.05) is 6.07 Å². The second kappa shape index (κ2) is 9.36. The van der Waals surface area contributed by atoms with Crippen LogP contribution in [0, 0.1) is 11.8 Å². The van der Waals surface area contributed by atoms with Crippen molar-refractivity contribution in [3.05, 3.63) is 24.3 Å². The highest BCUT2D eigenvalue weighted by molar-refractivity contribution is 5.94. The van der Waals surface area contributed by atoms with Gasteiger partial charge in [-0.25, -0.2) is 0 Å². The Balaban J connectivity index is 1.88. The van der Waals surface area contributed by atoms with Gasteiger partial charge in [-0.3, -0.25) is 14.4 Å². The smallest absolute Gasteiger partial charge is 0.227 e. The van der Waals surface area contributed by atoms with Crippen LogP contribution in [0.3, 0.4) is 0 Å². The van der Waals surface area contributed by atoms with Crippen molar-refractivity contribution in [2.24, 2.45) is 11.8 Å². The zero-order valence-electron chi connectivity index (χ0n) is 15.9. The van der Waals surface area contributed by atoms with Crippen molar-refractivity contribution < 1.29 is 14.4 Å². The Morgan fingerprint density at radius 1 is 0.962 bits per heavy atom. The van der Waals surface area contributed by atoms with Gasteiger partial charge in [-0.05, 0) is 57.7 Å². The number of hydrogen-bond donors (Lipinski definition) is 2. The fourth-order valence-corrected chi connectivity index (χ4v) is 3.52. The summed E-state index contributed by atoms with van der Waals surface area (Å²) in [6.07, 6.45) is 2.99. The van der Waals surface area contributed by atoms with Gasteiger partial charge >= 0.3 is 0 Å². The summed E-state index contributed by atoms with van der Waals surface area (Å²) in [6, 6.07) is 7.12. The molecule has 0 aromatic heterocycles. The highest BCUT2D eigenvalue weighted by Crippen LogP contribution is 2.31. The first kappa shape index (κ1) is 19.9. The molecule has 6 heteroatoms. The number of rotatable bonds is 6. The molecule has 0 spiro atoms. The van der Waals surface area contributed by atoms with Crippen LogP contribution < -0.4 is 10.6 Å². The minimum Gasteiger partial charge on any atom is -0.343 e. The topological polar surface area (TPSA) is 78.5 Å². The summed E-state index contributed by atoms with van der Waals surface area (Å²) in [4.78, 5) is 38.0. The Morgan fingerprint density at radius 3 is 2.04 bits per heavy atom. The fourth-order valence-electron chi connectivity index (χ4n) is 3.52. The van der Waals surface area contributed by atoms with Crippen LogP contribution in [0.25, 0.3) is 0 Å². The molecule has 0 bridgehead atoms. The summed E-state index contributed by atoms with van der Waals surface area (Å²) < 4.78 is 0. The van der Waals surface area contributed by atoms with E-state index in [4.69, 9.17) is 0 Å². The Bertz CT molecular complexity index is 647. The molecular weight excluding hydrogens is 330 g/mol.